The van der Waals surface area contributed by atoms with Crippen LogP contribution in [0.1, 0.15) is 18.9 Å². The number of benzene rings is 1. The smallest absolute Gasteiger partial charge is 0.146 e. The van der Waals surface area contributed by atoms with Crippen molar-refractivity contribution in [1.82, 2.24) is 0 Å². The molecule has 0 atom stereocenters. The Morgan fingerprint density at radius 1 is 1.57 bits per heavy atom. The van der Waals surface area contributed by atoms with E-state index in [4.69, 9.17) is 5.73 Å². The van der Waals surface area contributed by atoms with Crippen molar-refractivity contribution in [2.45, 2.75) is 13.3 Å². The van der Waals surface area contributed by atoms with Crippen LogP contribution >= 0.6 is 11.8 Å². The van der Waals surface area contributed by atoms with Gasteiger partial charge in [0.1, 0.15) is 5.82 Å². The molecule has 1 rings (SSSR count). The number of allylic oxidation sites excluding steroid dienone is 1. The van der Waals surface area contributed by atoms with Gasteiger partial charge in [0.25, 0.3) is 0 Å². The summed E-state index contributed by atoms with van der Waals surface area (Å²) in [5.74, 6) is -0.356. The number of hydrogen-bond donors (Lipinski definition) is 1. The molecule has 0 heterocycles. The Morgan fingerprint density at radius 3 is 2.79 bits per heavy atom. The van der Waals surface area contributed by atoms with Crippen LogP contribution in [0.4, 0.5) is 10.1 Å². The highest BCUT2D eigenvalue weighted by Gasteiger charge is 2.03. The molecule has 1 aromatic rings. The van der Waals surface area contributed by atoms with E-state index in [1.165, 1.54) is 6.07 Å². The maximum absolute atomic E-state index is 12.9. The van der Waals surface area contributed by atoms with E-state index in [0.29, 0.717) is 0 Å². The largest absolute Gasteiger partial charge is 0.396 e. The summed E-state index contributed by atoms with van der Waals surface area (Å²) in [5.41, 5.74) is 6.69. The van der Waals surface area contributed by atoms with E-state index >= 15 is 0 Å². The number of hydrogen-bond acceptors (Lipinski definition) is 2. The fraction of sp³-hybridized carbons (Fsp3) is 0.273. The standard InChI is InChI=1S/C11H14FNS/c1-3-4-11(14-2)8-5-6-9(12)10(13)7-8/h4-7H,3,13H2,1-2H3/b11-4-. The van der Waals surface area contributed by atoms with Crippen molar-refractivity contribution in [2.24, 2.45) is 0 Å². The monoisotopic (exact) mass is 211 g/mol. The quantitative estimate of drug-likeness (QED) is 0.774. The second-order valence-corrected chi connectivity index (χ2v) is 3.77. The van der Waals surface area contributed by atoms with Gasteiger partial charge in [-0.2, -0.15) is 0 Å². The van der Waals surface area contributed by atoms with E-state index in [-0.39, 0.29) is 11.5 Å². The van der Waals surface area contributed by atoms with E-state index < -0.39 is 0 Å². The Balaban J connectivity index is 3.06. The van der Waals surface area contributed by atoms with Crippen LogP contribution in [0.2, 0.25) is 0 Å². The fourth-order valence-electron chi connectivity index (χ4n) is 1.20. The van der Waals surface area contributed by atoms with Crippen LogP contribution in [0, 0.1) is 5.82 Å². The molecule has 3 heteroatoms. The Labute approximate surface area is 88.2 Å². The SMILES string of the molecule is CC/C=C(\SC)c1ccc(F)c(N)c1. The summed E-state index contributed by atoms with van der Waals surface area (Å²) in [6.45, 7) is 2.07. The molecule has 0 aromatic heterocycles. The molecule has 0 amide bonds. The van der Waals surface area contributed by atoms with Crippen molar-refractivity contribution in [1.29, 1.82) is 0 Å². The number of nitrogen functional groups attached to an aromatic ring is 1. The first kappa shape index (κ1) is 11.1. The summed E-state index contributed by atoms with van der Waals surface area (Å²) in [6.07, 6.45) is 5.08. The average Bonchev–Trinajstić information content (AvgIpc) is 2.19. The Morgan fingerprint density at radius 2 is 2.29 bits per heavy atom. The van der Waals surface area contributed by atoms with Crippen molar-refractivity contribution >= 4 is 22.4 Å². The van der Waals surface area contributed by atoms with Gasteiger partial charge in [-0.15, -0.1) is 11.8 Å². The first-order chi connectivity index (χ1) is 6.69. The zero-order valence-corrected chi connectivity index (χ0v) is 9.20. The third-order valence-electron chi connectivity index (χ3n) is 1.89. The molecule has 0 aliphatic rings. The molecular weight excluding hydrogens is 197 g/mol. The summed E-state index contributed by atoms with van der Waals surface area (Å²) in [5, 5.41) is 0. The van der Waals surface area contributed by atoms with Gasteiger partial charge < -0.3 is 5.73 Å². The van der Waals surface area contributed by atoms with Crippen LogP contribution in [0.3, 0.4) is 0 Å². The van der Waals surface area contributed by atoms with Crippen LogP contribution in [0.5, 0.6) is 0 Å². The third-order valence-corrected chi connectivity index (χ3v) is 2.73. The Bertz CT molecular complexity index is 347. The number of nitrogens with two attached hydrogens (primary N) is 1. The van der Waals surface area contributed by atoms with Crippen LogP contribution in [-0.4, -0.2) is 6.26 Å². The highest BCUT2D eigenvalue weighted by atomic mass is 32.2. The fourth-order valence-corrected chi connectivity index (χ4v) is 1.90. The van der Waals surface area contributed by atoms with Gasteiger partial charge >= 0.3 is 0 Å². The maximum Gasteiger partial charge on any atom is 0.146 e. The van der Waals surface area contributed by atoms with Gasteiger partial charge in [0, 0.05) is 4.91 Å². The summed E-state index contributed by atoms with van der Waals surface area (Å²) in [4.78, 5) is 1.14. The van der Waals surface area contributed by atoms with Gasteiger partial charge in [-0.3, -0.25) is 0 Å². The molecule has 0 aliphatic heterocycles. The predicted octanol–water partition coefficient (Wildman–Crippen LogP) is 3.52. The molecule has 14 heavy (non-hydrogen) atoms. The molecule has 0 spiro atoms. The number of halogens is 1. The predicted molar refractivity (Wildman–Crippen MR) is 62.6 cm³/mol. The first-order valence-electron chi connectivity index (χ1n) is 4.48. The molecule has 0 fully saturated rings. The molecule has 0 radical (unpaired) electrons. The lowest BCUT2D eigenvalue weighted by atomic mass is 10.1. The van der Waals surface area contributed by atoms with E-state index in [9.17, 15) is 4.39 Å². The van der Waals surface area contributed by atoms with Gasteiger partial charge in [0.05, 0.1) is 5.69 Å². The minimum Gasteiger partial charge on any atom is -0.396 e. The van der Waals surface area contributed by atoms with Gasteiger partial charge in [-0.25, -0.2) is 4.39 Å². The second-order valence-electron chi connectivity index (χ2n) is 2.92. The molecule has 76 valence electrons. The first-order valence-corrected chi connectivity index (χ1v) is 5.71. The molecule has 1 nitrogen and oxygen atoms in total. The van der Waals surface area contributed by atoms with Gasteiger partial charge in [-0.05, 0) is 30.4 Å². The lowest BCUT2D eigenvalue weighted by Crippen LogP contribution is -1.91. The molecule has 0 unspecified atom stereocenters. The zero-order valence-electron chi connectivity index (χ0n) is 8.38. The molecule has 2 N–H and O–H groups in total. The third kappa shape index (κ3) is 2.51. The van der Waals surface area contributed by atoms with Crippen LogP contribution in [0.15, 0.2) is 24.3 Å². The van der Waals surface area contributed by atoms with Crippen LogP contribution < -0.4 is 5.73 Å². The highest BCUT2D eigenvalue weighted by Crippen LogP contribution is 2.27. The Kier molecular flexibility index (Phi) is 4.01. The Hall–Kier alpha value is -0.960. The van der Waals surface area contributed by atoms with Crippen molar-refractivity contribution < 1.29 is 4.39 Å². The second kappa shape index (κ2) is 5.05. The van der Waals surface area contributed by atoms with Gasteiger partial charge in [0.15, 0.2) is 0 Å². The maximum atomic E-state index is 12.9. The van der Waals surface area contributed by atoms with Crippen LogP contribution in [0.25, 0.3) is 4.91 Å². The van der Waals surface area contributed by atoms with E-state index in [0.717, 1.165) is 16.9 Å². The molecule has 0 bridgehead atoms. The minimum atomic E-state index is -0.356. The summed E-state index contributed by atoms with van der Waals surface area (Å²) < 4.78 is 12.9. The minimum absolute atomic E-state index is 0.207. The number of anilines is 1. The molecule has 1 aromatic carbocycles. The highest BCUT2D eigenvalue weighted by molar-refractivity contribution is 8.07. The van der Waals surface area contributed by atoms with E-state index in [2.05, 4.69) is 13.0 Å². The topological polar surface area (TPSA) is 26.0 Å². The van der Waals surface area contributed by atoms with Gasteiger partial charge in [0.2, 0.25) is 0 Å². The normalized spacial score (nSPS) is 11.8. The van der Waals surface area contributed by atoms with Crippen molar-refractivity contribution in [3.63, 3.8) is 0 Å². The lowest BCUT2D eigenvalue weighted by molar-refractivity contribution is 0.632. The average molecular weight is 211 g/mol. The molecule has 0 aliphatic carbocycles. The number of rotatable bonds is 3. The van der Waals surface area contributed by atoms with Crippen LogP contribution in [-0.2, 0) is 0 Å². The summed E-state index contributed by atoms with van der Waals surface area (Å²) >= 11 is 1.65. The molecule has 0 saturated heterocycles. The zero-order chi connectivity index (χ0) is 10.6. The van der Waals surface area contributed by atoms with E-state index in [1.807, 2.05) is 6.26 Å². The lowest BCUT2D eigenvalue weighted by Gasteiger charge is -2.05. The van der Waals surface area contributed by atoms with Gasteiger partial charge in [-0.1, -0.05) is 19.1 Å². The van der Waals surface area contributed by atoms with Crippen molar-refractivity contribution in [2.75, 3.05) is 12.0 Å². The van der Waals surface area contributed by atoms with Crippen molar-refractivity contribution in [3.05, 3.63) is 35.7 Å². The summed E-state index contributed by atoms with van der Waals surface area (Å²) in [6, 6.07) is 4.83. The molecular formula is C11H14FNS. The van der Waals surface area contributed by atoms with E-state index in [1.54, 1.807) is 23.9 Å². The summed E-state index contributed by atoms with van der Waals surface area (Å²) in [7, 11) is 0. The molecule has 0 saturated carbocycles. The van der Waals surface area contributed by atoms with Crippen molar-refractivity contribution in [3.8, 4) is 0 Å². The number of thioether (sulfide) groups is 1.